The Morgan fingerprint density at radius 2 is 1.56 bits per heavy atom. The van der Waals surface area contributed by atoms with Gasteiger partial charge in [0, 0.05) is 32.6 Å². The number of piperazine rings is 1. The van der Waals surface area contributed by atoms with Crippen LogP contribution in [0.3, 0.4) is 0 Å². The number of hydrogen-bond acceptors (Lipinski definition) is 3. The summed E-state index contributed by atoms with van der Waals surface area (Å²) in [6, 6.07) is 0. The van der Waals surface area contributed by atoms with Crippen LogP contribution < -0.4 is 5.73 Å². The van der Waals surface area contributed by atoms with Gasteiger partial charge in [-0.1, -0.05) is 13.3 Å². The van der Waals surface area contributed by atoms with Crippen LogP contribution in [-0.4, -0.2) is 54.3 Å². The Labute approximate surface area is 96.6 Å². The van der Waals surface area contributed by atoms with Crippen molar-refractivity contribution in [3.63, 3.8) is 0 Å². The van der Waals surface area contributed by atoms with E-state index in [0.29, 0.717) is 32.6 Å². The summed E-state index contributed by atoms with van der Waals surface area (Å²) in [5.41, 5.74) is 5.29. The number of rotatable bonds is 4. The second-order valence-electron chi connectivity index (χ2n) is 4.07. The molecule has 16 heavy (non-hydrogen) atoms. The molecule has 0 saturated carbocycles. The Hall–Kier alpha value is -1.10. The smallest absolute Gasteiger partial charge is 0.236 e. The number of nitrogens with zero attached hydrogens (tertiary/aromatic N) is 2. The molecule has 1 aliphatic rings. The number of amides is 2. The molecule has 1 fully saturated rings. The van der Waals surface area contributed by atoms with Crippen LogP contribution in [0.25, 0.3) is 0 Å². The maximum absolute atomic E-state index is 11.7. The molecule has 92 valence electrons. The molecule has 0 bridgehead atoms. The second-order valence-corrected chi connectivity index (χ2v) is 4.07. The Morgan fingerprint density at radius 3 is 2.00 bits per heavy atom. The van der Waals surface area contributed by atoms with Gasteiger partial charge in [0.05, 0.1) is 6.54 Å². The lowest BCUT2D eigenvalue weighted by atomic mass is 10.2. The van der Waals surface area contributed by atoms with Gasteiger partial charge in [-0.25, -0.2) is 0 Å². The fourth-order valence-corrected chi connectivity index (χ4v) is 1.82. The molecule has 0 radical (unpaired) electrons. The average molecular weight is 227 g/mol. The summed E-state index contributed by atoms with van der Waals surface area (Å²) in [4.78, 5) is 26.6. The molecular formula is C11H21N3O2. The minimum atomic E-state index is -0.0272. The highest BCUT2D eigenvalue weighted by Crippen LogP contribution is 2.06. The van der Waals surface area contributed by atoms with Gasteiger partial charge in [0.25, 0.3) is 0 Å². The summed E-state index contributed by atoms with van der Waals surface area (Å²) in [5.74, 6) is 0.183. The van der Waals surface area contributed by atoms with Crippen molar-refractivity contribution in [3.05, 3.63) is 0 Å². The van der Waals surface area contributed by atoms with Crippen LogP contribution in [0, 0.1) is 0 Å². The Bertz CT molecular complexity index is 248. The zero-order valence-electron chi connectivity index (χ0n) is 9.95. The van der Waals surface area contributed by atoms with Crippen LogP contribution >= 0.6 is 0 Å². The predicted octanol–water partition coefficient (Wildman–Crippen LogP) is -0.194. The quantitative estimate of drug-likeness (QED) is 0.723. The van der Waals surface area contributed by atoms with Crippen LogP contribution in [-0.2, 0) is 9.59 Å². The first-order valence-electron chi connectivity index (χ1n) is 5.94. The molecule has 2 amide bonds. The molecular weight excluding hydrogens is 206 g/mol. The summed E-state index contributed by atoms with van der Waals surface area (Å²) in [5, 5.41) is 0. The van der Waals surface area contributed by atoms with E-state index in [1.54, 1.807) is 4.90 Å². The predicted molar refractivity (Wildman–Crippen MR) is 61.7 cm³/mol. The molecule has 5 nitrogen and oxygen atoms in total. The zero-order valence-corrected chi connectivity index (χ0v) is 9.95. The molecule has 1 aliphatic heterocycles. The molecule has 1 saturated heterocycles. The molecule has 0 aromatic carbocycles. The minimum Gasteiger partial charge on any atom is -0.339 e. The van der Waals surface area contributed by atoms with Crippen molar-refractivity contribution in [2.24, 2.45) is 5.73 Å². The third kappa shape index (κ3) is 3.48. The summed E-state index contributed by atoms with van der Waals surface area (Å²) in [7, 11) is 0. The summed E-state index contributed by atoms with van der Waals surface area (Å²) in [6.45, 7) is 4.67. The van der Waals surface area contributed by atoms with E-state index in [1.807, 2.05) is 4.90 Å². The Morgan fingerprint density at radius 1 is 1.06 bits per heavy atom. The van der Waals surface area contributed by atoms with Gasteiger partial charge in [-0.3, -0.25) is 9.59 Å². The van der Waals surface area contributed by atoms with Crippen LogP contribution in [0.4, 0.5) is 0 Å². The lowest BCUT2D eigenvalue weighted by Gasteiger charge is -2.34. The van der Waals surface area contributed by atoms with Crippen molar-refractivity contribution in [2.75, 3.05) is 32.7 Å². The monoisotopic (exact) mass is 227 g/mol. The third-order valence-electron chi connectivity index (χ3n) is 2.90. The van der Waals surface area contributed by atoms with Crippen molar-refractivity contribution in [1.82, 2.24) is 9.80 Å². The first-order valence-corrected chi connectivity index (χ1v) is 5.94. The molecule has 0 spiro atoms. The van der Waals surface area contributed by atoms with Crippen molar-refractivity contribution in [2.45, 2.75) is 26.2 Å². The highest BCUT2D eigenvalue weighted by molar-refractivity contribution is 5.79. The largest absolute Gasteiger partial charge is 0.339 e. The average Bonchev–Trinajstić information content (AvgIpc) is 2.35. The summed E-state index contributed by atoms with van der Waals surface area (Å²) < 4.78 is 0. The van der Waals surface area contributed by atoms with E-state index >= 15 is 0 Å². The molecule has 1 heterocycles. The first kappa shape index (κ1) is 13.0. The van der Waals surface area contributed by atoms with E-state index in [4.69, 9.17) is 5.73 Å². The van der Waals surface area contributed by atoms with Gasteiger partial charge in [-0.05, 0) is 6.42 Å². The van der Waals surface area contributed by atoms with Crippen molar-refractivity contribution < 1.29 is 9.59 Å². The Balaban J connectivity index is 2.31. The van der Waals surface area contributed by atoms with E-state index < -0.39 is 0 Å². The standard InChI is InChI=1S/C11H21N3O2/c1-2-3-4-10(15)13-5-7-14(8-6-13)11(16)9-12/h2-9,12H2,1H3. The van der Waals surface area contributed by atoms with Crippen molar-refractivity contribution in [1.29, 1.82) is 0 Å². The van der Waals surface area contributed by atoms with Gasteiger partial charge in [0.1, 0.15) is 0 Å². The Kier molecular flexibility index (Phi) is 5.25. The van der Waals surface area contributed by atoms with Crippen LogP contribution in [0.1, 0.15) is 26.2 Å². The first-order chi connectivity index (χ1) is 7.69. The molecule has 2 N–H and O–H groups in total. The van der Waals surface area contributed by atoms with Crippen LogP contribution in [0.15, 0.2) is 0 Å². The van der Waals surface area contributed by atoms with E-state index in [9.17, 15) is 9.59 Å². The molecule has 0 aromatic heterocycles. The van der Waals surface area contributed by atoms with E-state index in [-0.39, 0.29) is 18.4 Å². The third-order valence-corrected chi connectivity index (χ3v) is 2.90. The molecule has 1 rings (SSSR count). The van der Waals surface area contributed by atoms with Gasteiger partial charge in [-0.15, -0.1) is 0 Å². The van der Waals surface area contributed by atoms with Crippen LogP contribution in [0.2, 0.25) is 0 Å². The number of unbranched alkanes of at least 4 members (excludes halogenated alkanes) is 1. The summed E-state index contributed by atoms with van der Waals surface area (Å²) in [6.07, 6.45) is 2.61. The van der Waals surface area contributed by atoms with E-state index in [1.165, 1.54) is 0 Å². The minimum absolute atomic E-state index is 0.0272. The maximum Gasteiger partial charge on any atom is 0.236 e. The van der Waals surface area contributed by atoms with Gasteiger partial charge >= 0.3 is 0 Å². The summed E-state index contributed by atoms with van der Waals surface area (Å²) >= 11 is 0. The van der Waals surface area contributed by atoms with Gasteiger partial charge in [-0.2, -0.15) is 0 Å². The lowest BCUT2D eigenvalue weighted by molar-refractivity contribution is -0.138. The molecule has 0 unspecified atom stereocenters. The van der Waals surface area contributed by atoms with Crippen molar-refractivity contribution in [3.8, 4) is 0 Å². The number of carbonyl (C=O) groups excluding carboxylic acids is 2. The SMILES string of the molecule is CCCCC(=O)N1CCN(C(=O)CN)CC1. The fourth-order valence-electron chi connectivity index (χ4n) is 1.82. The molecule has 0 atom stereocenters. The number of carbonyl (C=O) groups is 2. The number of hydrogen-bond donors (Lipinski definition) is 1. The van der Waals surface area contributed by atoms with Gasteiger partial charge < -0.3 is 15.5 Å². The normalized spacial score (nSPS) is 16.4. The molecule has 5 heteroatoms. The highest BCUT2D eigenvalue weighted by atomic mass is 16.2. The van der Waals surface area contributed by atoms with E-state index in [2.05, 4.69) is 6.92 Å². The number of nitrogens with two attached hydrogens (primary N) is 1. The van der Waals surface area contributed by atoms with Gasteiger partial charge in [0.15, 0.2) is 0 Å². The lowest BCUT2D eigenvalue weighted by Crippen LogP contribution is -2.51. The maximum atomic E-state index is 11.7. The van der Waals surface area contributed by atoms with Crippen LogP contribution in [0.5, 0.6) is 0 Å². The highest BCUT2D eigenvalue weighted by Gasteiger charge is 2.22. The second kappa shape index (κ2) is 6.48. The fraction of sp³-hybridized carbons (Fsp3) is 0.818. The van der Waals surface area contributed by atoms with Crippen molar-refractivity contribution >= 4 is 11.8 Å². The van der Waals surface area contributed by atoms with Gasteiger partial charge in [0.2, 0.25) is 11.8 Å². The molecule has 0 aromatic rings. The van der Waals surface area contributed by atoms with E-state index in [0.717, 1.165) is 12.8 Å². The topological polar surface area (TPSA) is 66.6 Å². The zero-order chi connectivity index (χ0) is 12.0. The molecule has 0 aliphatic carbocycles.